The molecule has 0 aliphatic carbocycles. The van der Waals surface area contributed by atoms with Crippen LogP contribution < -0.4 is 11.0 Å². The maximum absolute atomic E-state index is 12.5. The van der Waals surface area contributed by atoms with Crippen molar-refractivity contribution in [2.45, 2.75) is 51.8 Å². The minimum atomic E-state index is -1.44. The van der Waals surface area contributed by atoms with E-state index in [9.17, 15) is 24.3 Å². The lowest BCUT2D eigenvalue weighted by molar-refractivity contribution is -0.321. The Morgan fingerprint density at radius 1 is 1.15 bits per heavy atom. The summed E-state index contributed by atoms with van der Waals surface area (Å²) in [7, 11) is 0. The van der Waals surface area contributed by atoms with Gasteiger partial charge in [-0.15, -0.1) is 0 Å². The third-order valence-electron chi connectivity index (χ3n) is 4.21. The highest BCUT2D eigenvalue weighted by atomic mass is 16.9. The SMILES string of the molecule is [CH][C@H]1O[C@@H](n2ccc(NC(C)=O)nc2=O)C(OC(OCCOC(C)=O)OCCOC(C)=O)[C@H]1O. The number of esters is 2. The van der Waals surface area contributed by atoms with Crippen LogP contribution >= 0.6 is 0 Å². The lowest BCUT2D eigenvalue weighted by Gasteiger charge is -2.27. The Balaban J connectivity index is 2.14. The maximum Gasteiger partial charge on any atom is 0.351 e. The van der Waals surface area contributed by atoms with Gasteiger partial charge in [-0.25, -0.2) is 4.79 Å². The van der Waals surface area contributed by atoms with Gasteiger partial charge < -0.3 is 38.8 Å². The number of nitrogens with one attached hydrogen (secondary N) is 1. The van der Waals surface area contributed by atoms with E-state index in [1.165, 1.54) is 33.0 Å². The number of amides is 1. The minimum Gasteiger partial charge on any atom is -0.463 e. The van der Waals surface area contributed by atoms with Crippen molar-refractivity contribution in [1.82, 2.24) is 9.55 Å². The summed E-state index contributed by atoms with van der Waals surface area (Å²) in [6.45, 7) is 7.58. The number of aliphatic hydroxyl groups is 1. The zero-order valence-electron chi connectivity index (χ0n) is 18.9. The molecule has 14 nitrogen and oxygen atoms in total. The number of aliphatic hydroxyl groups excluding tert-OH is 1. The summed E-state index contributed by atoms with van der Waals surface area (Å²) in [6, 6.07) is 1.35. The number of rotatable bonds is 12. The van der Waals surface area contributed by atoms with Gasteiger partial charge in [0.2, 0.25) is 5.91 Å². The van der Waals surface area contributed by atoms with Crippen LogP contribution in [0.25, 0.3) is 0 Å². The van der Waals surface area contributed by atoms with Gasteiger partial charge in [-0.3, -0.25) is 19.0 Å². The van der Waals surface area contributed by atoms with Gasteiger partial charge in [0, 0.05) is 27.0 Å². The van der Waals surface area contributed by atoms with Crippen LogP contribution in [-0.2, 0) is 42.8 Å². The van der Waals surface area contributed by atoms with E-state index in [2.05, 4.69) is 10.3 Å². The lowest BCUT2D eigenvalue weighted by atomic mass is 10.1. The molecule has 1 aromatic rings. The fourth-order valence-electron chi connectivity index (χ4n) is 2.82. The van der Waals surface area contributed by atoms with Gasteiger partial charge in [0.05, 0.1) is 19.3 Å². The van der Waals surface area contributed by atoms with Crippen molar-refractivity contribution in [2.75, 3.05) is 31.7 Å². The van der Waals surface area contributed by atoms with Crippen LogP contribution in [0, 0.1) is 6.92 Å². The molecule has 1 aliphatic rings. The second-order valence-electron chi connectivity index (χ2n) is 6.98. The molecular weight excluding hydrogens is 458 g/mol. The average molecular weight is 485 g/mol. The molecule has 0 saturated carbocycles. The fraction of sp³-hybridized carbons (Fsp3) is 0.600. The Morgan fingerprint density at radius 3 is 2.24 bits per heavy atom. The highest BCUT2D eigenvalue weighted by Crippen LogP contribution is 2.31. The molecule has 1 unspecified atom stereocenters. The van der Waals surface area contributed by atoms with Crippen molar-refractivity contribution < 1.29 is 47.9 Å². The molecule has 2 N–H and O–H groups in total. The molecule has 1 aliphatic heterocycles. The molecule has 14 heteroatoms. The topological polar surface area (TPSA) is 174 Å². The number of hydrogen-bond acceptors (Lipinski definition) is 12. The van der Waals surface area contributed by atoms with Crippen molar-refractivity contribution in [3.63, 3.8) is 0 Å². The van der Waals surface area contributed by atoms with Gasteiger partial charge in [-0.2, -0.15) is 4.98 Å². The summed E-state index contributed by atoms with van der Waals surface area (Å²) in [5.41, 5.74) is -0.811. The number of carbonyl (C=O) groups excluding carboxylic acids is 3. The van der Waals surface area contributed by atoms with Gasteiger partial charge in [0.25, 0.3) is 6.48 Å². The van der Waals surface area contributed by atoms with E-state index < -0.39 is 54.6 Å². The van der Waals surface area contributed by atoms with E-state index in [1.54, 1.807) is 0 Å². The minimum absolute atomic E-state index is 0.0227. The number of aromatic nitrogens is 2. The van der Waals surface area contributed by atoms with Crippen LogP contribution in [0.2, 0.25) is 0 Å². The third-order valence-corrected chi connectivity index (χ3v) is 4.21. The predicted octanol–water partition coefficient (Wildman–Crippen LogP) is -1.00. The van der Waals surface area contributed by atoms with E-state index in [0.29, 0.717) is 0 Å². The Kier molecular flexibility index (Phi) is 10.5. The number of carbonyl (C=O) groups is 3. The zero-order valence-corrected chi connectivity index (χ0v) is 18.9. The maximum atomic E-state index is 12.5. The molecule has 2 radical (unpaired) electrons. The summed E-state index contributed by atoms with van der Waals surface area (Å²) in [4.78, 5) is 49.2. The molecule has 1 aromatic heterocycles. The van der Waals surface area contributed by atoms with Crippen molar-refractivity contribution in [1.29, 1.82) is 0 Å². The van der Waals surface area contributed by atoms with Crippen LogP contribution in [0.3, 0.4) is 0 Å². The van der Waals surface area contributed by atoms with Crippen LogP contribution in [-0.4, -0.2) is 83.7 Å². The van der Waals surface area contributed by atoms with E-state index >= 15 is 0 Å². The second-order valence-corrected chi connectivity index (χ2v) is 6.98. The molecule has 1 fully saturated rings. The van der Waals surface area contributed by atoms with Gasteiger partial charge >= 0.3 is 17.6 Å². The van der Waals surface area contributed by atoms with Crippen molar-refractivity contribution in [3.8, 4) is 0 Å². The summed E-state index contributed by atoms with van der Waals surface area (Å²) in [5, 5.41) is 12.9. The highest BCUT2D eigenvalue weighted by Gasteiger charge is 2.45. The summed E-state index contributed by atoms with van der Waals surface area (Å²) in [5.74, 6) is -1.43. The van der Waals surface area contributed by atoms with Crippen LogP contribution in [0.1, 0.15) is 27.0 Å². The largest absolute Gasteiger partial charge is 0.463 e. The predicted molar refractivity (Wildman–Crippen MR) is 111 cm³/mol. The van der Waals surface area contributed by atoms with E-state index in [0.717, 1.165) is 4.57 Å². The van der Waals surface area contributed by atoms with Gasteiger partial charge in [0.1, 0.15) is 31.2 Å². The number of hydrogen-bond donors (Lipinski definition) is 2. The first-order valence-corrected chi connectivity index (χ1v) is 10.2. The molecule has 4 atom stereocenters. The van der Waals surface area contributed by atoms with E-state index in [1.807, 2.05) is 0 Å². The smallest absolute Gasteiger partial charge is 0.351 e. The monoisotopic (exact) mass is 485 g/mol. The summed E-state index contributed by atoms with van der Waals surface area (Å²) >= 11 is 0. The molecule has 2 heterocycles. The first kappa shape index (κ1) is 27.3. The van der Waals surface area contributed by atoms with Crippen LogP contribution in [0.4, 0.5) is 5.82 Å². The van der Waals surface area contributed by atoms with E-state index in [4.69, 9.17) is 35.3 Å². The molecular formula is C20H27N3O11. The average Bonchev–Trinajstić information content (AvgIpc) is 3.01. The molecule has 1 saturated heterocycles. The number of anilines is 1. The van der Waals surface area contributed by atoms with Gasteiger partial charge in [-0.1, -0.05) is 0 Å². The standard InChI is InChI=1S/C20H27N3O11/c1-11-16(27)17(18(33-11)23-6-5-15(21-12(2)24)22-19(23)28)34-20(31-9-7-29-13(3)25)32-10-8-30-14(4)26/h1,5-6,11,16-18,20,27H,7-10H2,2-4H3,(H,21,22,24,28)/t11-,16+,17?,18-/m1/s1. The molecule has 0 aromatic carbocycles. The van der Waals surface area contributed by atoms with E-state index in [-0.39, 0.29) is 32.2 Å². The lowest BCUT2D eigenvalue weighted by Crippen LogP contribution is -2.41. The number of nitrogens with zero attached hydrogens (tertiary/aromatic N) is 2. The first-order valence-electron chi connectivity index (χ1n) is 10.2. The summed E-state index contributed by atoms with van der Waals surface area (Å²) in [6.07, 6.45) is -3.82. The summed E-state index contributed by atoms with van der Waals surface area (Å²) < 4.78 is 32.5. The molecule has 1 amide bonds. The fourth-order valence-corrected chi connectivity index (χ4v) is 2.82. The Bertz CT molecular complexity index is 884. The normalized spacial score (nSPS) is 21.9. The van der Waals surface area contributed by atoms with Crippen molar-refractivity contribution >= 4 is 23.7 Å². The van der Waals surface area contributed by atoms with Gasteiger partial charge in [-0.05, 0) is 13.0 Å². The van der Waals surface area contributed by atoms with Crippen molar-refractivity contribution in [3.05, 3.63) is 29.7 Å². The molecule has 34 heavy (non-hydrogen) atoms. The molecule has 0 spiro atoms. The van der Waals surface area contributed by atoms with Crippen LogP contribution in [0.5, 0.6) is 0 Å². The molecule has 188 valence electrons. The highest BCUT2D eigenvalue weighted by molar-refractivity contribution is 5.87. The Hall–Kier alpha value is -2.91. The second kappa shape index (κ2) is 13.1. The number of ether oxygens (including phenoxy) is 6. The third kappa shape index (κ3) is 8.46. The zero-order chi connectivity index (χ0) is 25.3. The van der Waals surface area contributed by atoms with Crippen LogP contribution in [0.15, 0.2) is 17.1 Å². The Morgan fingerprint density at radius 2 is 1.74 bits per heavy atom. The van der Waals surface area contributed by atoms with Crippen molar-refractivity contribution in [2.24, 2.45) is 0 Å². The first-order chi connectivity index (χ1) is 16.1. The quantitative estimate of drug-likeness (QED) is 0.210. The Labute approximate surface area is 195 Å². The molecule has 2 rings (SSSR count). The molecule has 0 bridgehead atoms. The van der Waals surface area contributed by atoms with Gasteiger partial charge in [0.15, 0.2) is 6.23 Å².